The Morgan fingerprint density at radius 1 is 1.04 bits per heavy atom. The molecule has 3 rings (SSSR count). The van der Waals surface area contributed by atoms with Gasteiger partial charge < -0.3 is 19.9 Å². The number of carbonyl (C=O) groups is 1. The Morgan fingerprint density at radius 3 is 2.54 bits per heavy atom. The molecule has 134 valence electrons. The van der Waals surface area contributed by atoms with E-state index in [1.54, 1.807) is 13.3 Å². The highest BCUT2D eigenvalue weighted by Crippen LogP contribution is 2.31. The second-order valence-electron chi connectivity index (χ2n) is 6.00. The average Bonchev–Trinajstić information content (AvgIpc) is 3.18. The van der Waals surface area contributed by atoms with Gasteiger partial charge in [-0.3, -0.25) is 4.79 Å². The lowest BCUT2D eigenvalue weighted by Gasteiger charge is -2.19. The summed E-state index contributed by atoms with van der Waals surface area (Å²) in [7, 11) is 3.64. The molecule has 1 amide bonds. The van der Waals surface area contributed by atoms with E-state index in [1.807, 2.05) is 67.8 Å². The van der Waals surface area contributed by atoms with E-state index in [-0.39, 0.29) is 5.91 Å². The van der Waals surface area contributed by atoms with Crippen LogP contribution in [0, 0.1) is 0 Å². The maximum atomic E-state index is 12.6. The Labute approximate surface area is 153 Å². The van der Waals surface area contributed by atoms with E-state index in [2.05, 4.69) is 15.2 Å². The summed E-state index contributed by atoms with van der Waals surface area (Å²) in [5, 5.41) is 2.99. The van der Waals surface area contributed by atoms with Gasteiger partial charge in [0.1, 0.15) is 5.75 Å². The number of aromatic amines is 1. The molecule has 0 saturated carbocycles. The van der Waals surface area contributed by atoms with Crippen molar-refractivity contribution >= 4 is 11.6 Å². The standard InChI is InChI=1S/C21H23N3O2/c1-24(16-8-4-3-5-9-16)13-12-23-21(25)19-15-22-14-18(19)17-10-6-7-11-20(17)26-2/h3-11,14-15,22H,12-13H2,1-2H3,(H,23,25). The Kier molecular flexibility index (Phi) is 5.59. The third-order valence-corrected chi connectivity index (χ3v) is 4.32. The number of hydrogen-bond acceptors (Lipinski definition) is 3. The number of hydrogen-bond donors (Lipinski definition) is 2. The van der Waals surface area contributed by atoms with Crippen LogP contribution in [0.4, 0.5) is 5.69 Å². The quantitative estimate of drug-likeness (QED) is 0.686. The number of methoxy groups -OCH3 is 1. The van der Waals surface area contributed by atoms with E-state index < -0.39 is 0 Å². The Hall–Kier alpha value is -3.21. The molecule has 0 aliphatic carbocycles. The highest BCUT2D eigenvalue weighted by atomic mass is 16.5. The third kappa shape index (κ3) is 3.88. The van der Waals surface area contributed by atoms with Crippen LogP contribution in [-0.2, 0) is 0 Å². The molecule has 2 N–H and O–H groups in total. The van der Waals surface area contributed by atoms with Crippen molar-refractivity contribution in [3.63, 3.8) is 0 Å². The van der Waals surface area contributed by atoms with Crippen LogP contribution < -0.4 is 15.0 Å². The molecule has 0 bridgehead atoms. The highest BCUT2D eigenvalue weighted by Gasteiger charge is 2.16. The van der Waals surface area contributed by atoms with Crippen LogP contribution in [0.3, 0.4) is 0 Å². The van der Waals surface area contributed by atoms with E-state index >= 15 is 0 Å². The van der Waals surface area contributed by atoms with Gasteiger partial charge >= 0.3 is 0 Å². The maximum Gasteiger partial charge on any atom is 0.253 e. The fourth-order valence-electron chi connectivity index (χ4n) is 2.89. The van der Waals surface area contributed by atoms with Gasteiger partial charge in [0.2, 0.25) is 0 Å². The molecule has 0 aliphatic rings. The van der Waals surface area contributed by atoms with Gasteiger partial charge in [-0.15, -0.1) is 0 Å². The zero-order valence-corrected chi connectivity index (χ0v) is 15.0. The molecular weight excluding hydrogens is 326 g/mol. The first kappa shape index (κ1) is 17.6. The van der Waals surface area contributed by atoms with Gasteiger partial charge in [-0.2, -0.15) is 0 Å². The third-order valence-electron chi connectivity index (χ3n) is 4.32. The fraction of sp³-hybridized carbons (Fsp3) is 0.190. The predicted molar refractivity (Wildman–Crippen MR) is 105 cm³/mol. The summed E-state index contributed by atoms with van der Waals surface area (Å²) in [6.45, 7) is 1.28. The summed E-state index contributed by atoms with van der Waals surface area (Å²) in [6, 6.07) is 17.8. The van der Waals surface area contributed by atoms with Crippen molar-refractivity contribution in [2.24, 2.45) is 0 Å². The number of nitrogens with zero attached hydrogens (tertiary/aromatic N) is 1. The number of amides is 1. The fourth-order valence-corrected chi connectivity index (χ4v) is 2.89. The number of likely N-dealkylation sites (N-methyl/N-ethyl adjacent to an activating group) is 1. The molecule has 1 aromatic heterocycles. The topological polar surface area (TPSA) is 57.4 Å². The molecule has 1 heterocycles. The molecule has 3 aromatic rings. The van der Waals surface area contributed by atoms with Gasteiger partial charge in [-0.05, 0) is 18.2 Å². The minimum atomic E-state index is -0.103. The van der Waals surface area contributed by atoms with E-state index in [9.17, 15) is 4.79 Å². The van der Waals surface area contributed by atoms with Crippen molar-refractivity contribution in [1.82, 2.24) is 10.3 Å². The Bertz CT molecular complexity index is 858. The normalized spacial score (nSPS) is 10.4. The van der Waals surface area contributed by atoms with Gasteiger partial charge in [-0.25, -0.2) is 0 Å². The number of rotatable bonds is 7. The number of anilines is 1. The van der Waals surface area contributed by atoms with Crippen LogP contribution in [0.5, 0.6) is 5.75 Å². The van der Waals surface area contributed by atoms with Crippen molar-refractivity contribution in [1.29, 1.82) is 0 Å². The molecule has 0 aliphatic heterocycles. The number of H-pyrrole nitrogens is 1. The summed E-state index contributed by atoms with van der Waals surface area (Å²) >= 11 is 0. The van der Waals surface area contributed by atoms with E-state index in [1.165, 1.54) is 0 Å². The van der Waals surface area contributed by atoms with E-state index in [0.717, 1.165) is 29.1 Å². The van der Waals surface area contributed by atoms with Gasteiger partial charge in [-0.1, -0.05) is 36.4 Å². The summed E-state index contributed by atoms with van der Waals surface area (Å²) in [4.78, 5) is 17.8. The first-order valence-corrected chi connectivity index (χ1v) is 8.55. The number of benzene rings is 2. The number of aromatic nitrogens is 1. The summed E-state index contributed by atoms with van der Waals surface area (Å²) in [5.74, 6) is 0.638. The lowest BCUT2D eigenvalue weighted by molar-refractivity contribution is 0.0955. The maximum absolute atomic E-state index is 12.6. The molecule has 0 atom stereocenters. The molecule has 0 fully saturated rings. The van der Waals surface area contributed by atoms with Crippen molar-refractivity contribution in [2.75, 3.05) is 32.1 Å². The molecule has 0 radical (unpaired) electrons. The first-order chi connectivity index (χ1) is 12.7. The lowest BCUT2D eigenvalue weighted by atomic mass is 10.0. The first-order valence-electron chi connectivity index (χ1n) is 8.55. The van der Waals surface area contributed by atoms with Crippen LogP contribution in [-0.4, -0.2) is 38.1 Å². The van der Waals surface area contributed by atoms with Crippen molar-refractivity contribution in [2.45, 2.75) is 0 Å². The number of ether oxygens (including phenoxy) is 1. The summed E-state index contributed by atoms with van der Waals surface area (Å²) < 4.78 is 5.41. The van der Waals surface area contributed by atoms with E-state index in [4.69, 9.17) is 4.74 Å². The second kappa shape index (κ2) is 8.25. The highest BCUT2D eigenvalue weighted by molar-refractivity contribution is 6.01. The molecule has 0 spiro atoms. The minimum Gasteiger partial charge on any atom is -0.496 e. The van der Waals surface area contributed by atoms with Crippen LogP contribution in [0.25, 0.3) is 11.1 Å². The van der Waals surface area contributed by atoms with Crippen molar-refractivity contribution < 1.29 is 9.53 Å². The van der Waals surface area contributed by atoms with Crippen molar-refractivity contribution in [3.8, 4) is 16.9 Å². The largest absolute Gasteiger partial charge is 0.496 e. The number of nitrogens with one attached hydrogen (secondary N) is 2. The average molecular weight is 349 g/mol. The number of carbonyl (C=O) groups excluding carboxylic acids is 1. The van der Waals surface area contributed by atoms with Gasteiger partial charge in [0.25, 0.3) is 5.91 Å². The monoisotopic (exact) mass is 349 g/mol. The SMILES string of the molecule is COc1ccccc1-c1c[nH]cc1C(=O)NCCN(C)c1ccccc1. The van der Waals surface area contributed by atoms with Gasteiger partial charge in [0.15, 0.2) is 0 Å². The summed E-state index contributed by atoms with van der Waals surface area (Å²) in [5.41, 5.74) is 3.45. The number of para-hydroxylation sites is 2. The van der Waals surface area contributed by atoms with Crippen LogP contribution in [0.15, 0.2) is 67.0 Å². The van der Waals surface area contributed by atoms with Crippen molar-refractivity contribution in [3.05, 3.63) is 72.6 Å². The van der Waals surface area contributed by atoms with Crippen LogP contribution in [0.2, 0.25) is 0 Å². The zero-order valence-electron chi connectivity index (χ0n) is 15.0. The molecule has 2 aromatic carbocycles. The molecular formula is C21H23N3O2. The molecule has 5 nitrogen and oxygen atoms in total. The molecule has 0 saturated heterocycles. The van der Waals surface area contributed by atoms with Gasteiger partial charge in [0.05, 0.1) is 12.7 Å². The van der Waals surface area contributed by atoms with Gasteiger partial charge in [0, 0.05) is 49.3 Å². The van der Waals surface area contributed by atoms with E-state index in [0.29, 0.717) is 12.1 Å². The van der Waals surface area contributed by atoms with Crippen LogP contribution >= 0.6 is 0 Å². The minimum absolute atomic E-state index is 0.103. The van der Waals surface area contributed by atoms with Crippen LogP contribution in [0.1, 0.15) is 10.4 Å². The zero-order chi connectivity index (χ0) is 18.4. The second-order valence-corrected chi connectivity index (χ2v) is 6.00. The lowest BCUT2D eigenvalue weighted by Crippen LogP contribution is -2.33. The Balaban J connectivity index is 1.65. The molecule has 5 heteroatoms. The summed E-state index contributed by atoms with van der Waals surface area (Å²) in [6.07, 6.45) is 3.54. The predicted octanol–water partition coefficient (Wildman–Crippen LogP) is 3.56. The molecule has 26 heavy (non-hydrogen) atoms. The molecule has 0 unspecified atom stereocenters. The smallest absolute Gasteiger partial charge is 0.253 e. The Morgan fingerprint density at radius 2 is 1.77 bits per heavy atom.